The summed E-state index contributed by atoms with van der Waals surface area (Å²) in [4.78, 5) is 16.7. The number of fused-ring (bicyclic) bond motifs is 1. The molecule has 0 aromatic heterocycles. The average molecular weight is 287 g/mol. The van der Waals surface area contributed by atoms with E-state index in [2.05, 4.69) is 9.98 Å². The minimum atomic E-state index is -0.833. The zero-order valence-corrected chi connectivity index (χ0v) is 11.5. The van der Waals surface area contributed by atoms with Crippen LogP contribution < -0.4 is 17.2 Å². The van der Waals surface area contributed by atoms with Crippen molar-refractivity contribution in [1.82, 2.24) is 0 Å². The van der Waals surface area contributed by atoms with Crippen molar-refractivity contribution in [2.24, 2.45) is 27.2 Å². The van der Waals surface area contributed by atoms with Crippen LogP contribution in [-0.2, 0) is 4.79 Å². The molecule has 7 heteroatoms. The summed E-state index contributed by atoms with van der Waals surface area (Å²) in [5.74, 6) is -0.896. The number of aliphatic carboxylic acids is 1. The van der Waals surface area contributed by atoms with Crippen LogP contribution in [-0.4, -0.2) is 23.0 Å². The summed E-state index contributed by atoms with van der Waals surface area (Å²) in [6.45, 7) is 1.08. The first-order valence-corrected chi connectivity index (χ1v) is 6.00. The van der Waals surface area contributed by atoms with Gasteiger partial charge < -0.3 is 22.3 Å². The van der Waals surface area contributed by atoms with Gasteiger partial charge in [0, 0.05) is 6.92 Å². The largest absolute Gasteiger partial charge is 0.481 e. The number of nitrogens with two attached hydrogens (primary N) is 3. The Labute approximate surface area is 121 Å². The van der Waals surface area contributed by atoms with E-state index in [0.717, 1.165) is 17.7 Å². The maximum atomic E-state index is 9.00. The van der Waals surface area contributed by atoms with E-state index in [-0.39, 0.29) is 11.9 Å². The molecule has 110 valence electrons. The molecule has 2 aromatic rings. The first-order chi connectivity index (χ1) is 9.88. The highest BCUT2D eigenvalue weighted by atomic mass is 16.4. The van der Waals surface area contributed by atoms with Gasteiger partial charge in [0.25, 0.3) is 5.97 Å². The maximum absolute atomic E-state index is 9.00. The Bertz CT molecular complexity index is 687. The first-order valence-electron chi connectivity index (χ1n) is 6.00. The Balaban J connectivity index is 0.000000491. The molecule has 0 aliphatic carbocycles. The molecule has 7 N–H and O–H groups in total. The quantitative estimate of drug-likeness (QED) is 0.460. The molecule has 0 aliphatic heterocycles. The third kappa shape index (κ3) is 6.06. The molecule has 0 unspecified atom stereocenters. The minimum Gasteiger partial charge on any atom is -0.481 e. The van der Waals surface area contributed by atoms with Gasteiger partial charge in [-0.3, -0.25) is 4.79 Å². The van der Waals surface area contributed by atoms with E-state index in [1.54, 1.807) is 0 Å². The van der Waals surface area contributed by atoms with Crippen molar-refractivity contribution in [3.63, 3.8) is 0 Å². The molecule has 0 saturated carbocycles. The summed E-state index contributed by atoms with van der Waals surface area (Å²) in [6.07, 6.45) is 0. The van der Waals surface area contributed by atoms with Crippen molar-refractivity contribution < 1.29 is 9.90 Å². The summed E-state index contributed by atoms with van der Waals surface area (Å²) in [7, 11) is 0. The van der Waals surface area contributed by atoms with Crippen LogP contribution in [0.25, 0.3) is 10.8 Å². The number of carboxylic acid groups (broad SMARTS) is 1. The molecule has 0 heterocycles. The van der Waals surface area contributed by atoms with Crippen molar-refractivity contribution in [1.29, 1.82) is 0 Å². The molecule has 0 fully saturated rings. The Morgan fingerprint density at radius 3 is 2.19 bits per heavy atom. The average Bonchev–Trinajstić information content (AvgIpc) is 2.36. The third-order valence-electron chi connectivity index (χ3n) is 2.22. The molecule has 0 bridgehead atoms. The normalized spacial score (nSPS) is 10.4. The monoisotopic (exact) mass is 287 g/mol. The Hall–Kier alpha value is -3.09. The fourth-order valence-corrected chi connectivity index (χ4v) is 1.54. The number of guanidine groups is 2. The van der Waals surface area contributed by atoms with E-state index in [4.69, 9.17) is 27.1 Å². The molecule has 2 rings (SSSR count). The molecule has 0 aliphatic rings. The summed E-state index contributed by atoms with van der Waals surface area (Å²) in [6, 6.07) is 13.7. The van der Waals surface area contributed by atoms with E-state index < -0.39 is 5.97 Å². The number of hydrogen-bond acceptors (Lipinski definition) is 2. The highest BCUT2D eigenvalue weighted by Gasteiger charge is 1.96. The van der Waals surface area contributed by atoms with Gasteiger partial charge in [-0.15, -0.1) is 0 Å². The van der Waals surface area contributed by atoms with Gasteiger partial charge in [0.05, 0.1) is 5.69 Å². The van der Waals surface area contributed by atoms with Crippen LogP contribution >= 0.6 is 0 Å². The predicted molar refractivity (Wildman–Crippen MR) is 84.4 cm³/mol. The third-order valence-corrected chi connectivity index (χ3v) is 2.22. The summed E-state index contributed by atoms with van der Waals surface area (Å²) < 4.78 is 0. The van der Waals surface area contributed by atoms with Gasteiger partial charge in [-0.25, -0.2) is 4.99 Å². The lowest BCUT2D eigenvalue weighted by atomic mass is 10.1. The number of hydrogen-bond donors (Lipinski definition) is 4. The van der Waals surface area contributed by atoms with Crippen molar-refractivity contribution in [2.75, 3.05) is 0 Å². The molecule has 21 heavy (non-hydrogen) atoms. The van der Waals surface area contributed by atoms with Crippen LogP contribution in [0.2, 0.25) is 0 Å². The second-order valence-electron chi connectivity index (χ2n) is 4.06. The second-order valence-corrected chi connectivity index (χ2v) is 4.06. The fourth-order valence-electron chi connectivity index (χ4n) is 1.54. The van der Waals surface area contributed by atoms with Crippen molar-refractivity contribution in [3.8, 4) is 0 Å². The zero-order valence-electron chi connectivity index (χ0n) is 11.5. The SMILES string of the molecule is CC(=O)O.NC(N)=NC(N)=Nc1ccc2ccccc2c1. The first kappa shape index (κ1) is 16.0. The minimum absolute atomic E-state index is 0.0419. The van der Waals surface area contributed by atoms with E-state index in [9.17, 15) is 0 Å². The van der Waals surface area contributed by atoms with Gasteiger partial charge in [0.2, 0.25) is 5.96 Å². The molecular formula is C14H17N5O2. The standard InChI is InChI=1S/C12H13N5.C2H4O2/c13-11(14)17-12(15)16-10-6-5-8-3-1-2-4-9(8)7-10;1-2(3)4/h1-7H,(H6,13,14,15,16,17);1H3,(H,3,4). The lowest BCUT2D eigenvalue weighted by molar-refractivity contribution is -0.134. The van der Waals surface area contributed by atoms with Crippen molar-refractivity contribution in [2.45, 2.75) is 6.92 Å². The molecule has 0 atom stereocenters. The Morgan fingerprint density at radius 2 is 1.62 bits per heavy atom. The van der Waals surface area contributed by atoms with E-state index >= 15 is 0 Å². The number of carboxylic acids is 1. The van der Waals surface area contributed by atoms with Gasteiger partial charge in [0.15, 0.2) is 5.96 Å². The molecule has 2 aromatic carbocycles. The maximum Gasteiger partial charge on any atom is 0.300 e. The van der Waals surface area contributed by atoms with Crippen LogP contribution in [0.3, 0.4) is 0 Å². The number of aliphatic imine (C=N–C) groups is 2. The highest BCUT2D eigenvalue weighted by Crippen LogP contribution is 2.20. The lowest BCUT2D eigenvalue weighted by Gasteiger charge is -1.99. The molecule has 0 amide bonds. The van der Waals surface area contributed by atoms with Gasteiger partial charge in [-0.1, -0.05) is 30.3 Å². The number of rotatable bonds is 1. The summed E-state index contributed by atoms with van der Waals surface area (Å²) >= 11 is 0. The van der Waals surface area contributed by atoms with Crippen molar-refractivity contribution in [3.05, 3.63) is 42.5 Å². The second kappa shape index (κ2) is 7.49. The Kier molecular flexibility index (Phi) is 5.69. The topological polar surface area (TPSA) is 140 Å². The molecular weight excluding hydrogens is 270 g/mol. The smallest absolute Gasteiger partial charge is 0.300 e. The Morgan fingerprint density at radius 1 is 1.05 bits per heavy atom. The zero-order chi connectivity index (χ0) is 15.8. The van der Waals surface area contributed by atoms with E-state index in [0.29, 0.717) is 5.69 Å². The van der Waals surface area contributed by atoms with E-state index in [1.807, 2.05) is 42.5 Å². The molecule has 0 radical (unpaired) electrons. The lowest BCUT2D eigenvalue weighted by Crippen LogP contribution is -2.26. The van der Waals surface area contributed by atoms with Crippen LogP contribution in [0.1, 0.15) is 6.92 Å². The van der Waals surface area contributed by atoms with Crippen LogP contribution in [0, 0.1) is 0 Å². The van der Waals surface area contributed by atoms with Crippen LogP contribution in [0.15, 0.2) is 52.4 Å². The van der Waals surface area contributed by atoms with Crippen molar-refractivity contribution >= 4 is 34.3 Å². The van der Waals surface area contributed by atoms with Gasteiger partial charge in [-0.2, -0.15) is 4.99 Å². The number of benzene rings is 2. The number of carbonyl (C=O) groups is 1. The molecule has 0 saturated heterocycles. The van der Waals surface area contributed by atoms with Crippen LogP contribution in [0.4, 0.5) is 5.69 Å². The van der Waals surface area contributed by atoms with Gasteiger partial charge >= 0.3 is 0 Å². The summed E-state index contributed by atoms with van der Waals surface area (Å²) in [5, 5.41) is 9.65. The fraction of sp³-hybridized carbons (Fsp3) is 0.0714. The number of nitrogens with zero attached hydrogens (tertiary/aromatic N) is 2. The van der Waals surface area contributed by atoms with Crippen LogP contribution in [0.5, 0.6) is 0 Å². The summed E-state index contributed by atoms with van der Waals surface area (Å²) in [5.41, 5.74) is 16.7. The highest BCUT2D eigenvalue weighted by molar-refractivity contribution is 5.94. The van der Waals surface area contributed by atoms with Gasteiger partial charge in [0.1, 0.15) is 0 Å². The predicted octanol–water partition coefficient (Wildman–Crippen LogP) is 1.15. The van der Waals surface area contributed by atoms with E-state index in [1.165, 1.54) is 0 Å². The molecule has 0 spiro atoms. The molecule has 7 nitrogen and oxygen atoms in total. The van der Waals surface area contributed by atoms with Gasteiger partial charge in [-0.05, 0) is 22.9 Å².